The average molecular weight is 391 g/mol. The molecule has 0 aliphatic carbocycles. The van der Waals surface area contributed by atoms with Gasteiger partial charge in [-0.25, -0.2) is 4.98 Å². The summed E-state index contributed by atoms with van der Waals surface area (Å²) in [5.74, 6) is 1.28. The third kappa shape index (κ3) is 5.41. The van der Waals surface area contributed by atoms with E-state index >= 15 is 0 Å². The zero-order chi connectivity index (χ0) is 19.1. The van der Waals surface area contributed by atoms with Crippen LogP contribution in [-0.2, 0) is 22.5 Å². The predicted octanol–water partition coefficient (Wildman–Crippen LogP) is 2.56. The molecule has 1 N–H and O–H groups in total. The molecule has 146 valence electrons. The van der Waals surface area contributed by atoms with Crippen LogP contribution in [-0.4, -0.2) is 56.3 Å². The fraction of sp³-hybridized carbons (Fsp3) is 0.474. The smallest absolute Gasteiger partial charge is 0.226 e. The third-order valence-electron chi connectivity index (χ3n) is 4.39. The van der Waals surface area contributed by atoms with E-state index in [0.717, 1.165) is 44.1 Å². The monoisotopic (exact) mass is 391 g/mol. The first kappa shape index (κ1) is 19.6. The maximum absolute atomic E-state index is 12.3. The number of amides is 1. The lowest BCUT2D eigenvalue weighted by Gasteiger charge is -2.25. The first-order valence-corrected chi connectivity index (χ1v) is 9.81. The summed E-state index contributed by atoms with van der Waals surface area (Å²) >= 11 is 1.46. The molecule has 0 bridgehead atoms. The van der Waals surface area contributed by atoms with E-state index in [1.807, 2.05) is 23.6 Å². The molecule has 0 spiro atoms. The Labute approximate surface area is 163 Å². The number of aryl methyl sites for hydroxylation is 1. The van der Waals surface area contributed by atoms with Crippen molar-refractivity contribution in [3.05, 3.63) is 34.8 Å². The minimum absolute atomic E-state index is 0.0628. The molecule has 2 aromatic rings. The highest BCUT2D eigenvalue weighted by Gasteiger charge is 2.14. The van der Waals surface area contributed by atoms with Gasteiger partial charge in [-0.15, -0.1) is 11.3 Å². The highest BCUT2D eigenvalue weighted by Crippen LogP contribution is 2.31. The summed E-state index contributed by atoms with van der Waals surface area (Å²) in [6.45, 7) is 4.16. The summed E-state index contributed by atoms with van der Waals surface area (Å²) in [6, 6.07) is 5.68. The topological polar surface area (TPSA) is 72.9 Å². The van der Waals surface area contributed by atoms with Crippen molar-refractivity contribution in [1.29, 1.82) is 0 Å². The van der Waals surface area contributed by atoms with Crippen molar-refractivity contribution in [3.63, 3.8) is 0 Å². The number of carbonyl (C=O) groups excluding carboxylic acids is 1. The second-order valence-corrected chi connectivity index (χ2v) is 7.09. The van der Waals surface area contributed by atoms with Crippen molar-refractivity contribution < 1.29 is 19.0 Å². The van der Waals surface area contributed by atoms with Crippen molar-refractivity contribution in [1.82, 2.24) is 9.88 Å². The fourth-order valence-electron chi connectivity index (χ4n) is 3.01. The quantitative estimate of drug-likeness (QED) is 0.746. The van der Waals surface area contributed by atoms with Gasteiger partial charge in [0.2, 0.25) is 5.91 Å². The molecule has 1 aromatic heterocycles. The van der Waals surface area contributed by atoms with Crippen molar-refractivity contribution in [2.24, 2.45) is 0 Å². The summed E-state index contributed by atoms with van der Waals surface area (Å²) in [5, 5.41) is 5.52. The molecular formula is C19H25N3O4S. The number of aromatic nitrogens is 1. The van der Waals surface area contributed by atoms with E-state index < -0.39 is 0 Å². The number of methoxy groups -OCH3 is 2. The van der Waals surface area contributed by atoms with E-state index in [-0.39, 0.29) is 5.91 Å². The Morgan fingerprint density at radius 2 is 2.11 bits per heavy atom. The standard InChI is InChI=1S/C19H25N3O4S/c1-24-16-5-3-4-14(18(16)25-2)6-7-17(23)21-19-20-15(13-27-19)12-22-8-10-26-11-9-22/h3-5,13H,6-12H2,1-2H3,(H,20,21,23). The largest absolute Gasteiger partial charge is 0.493 e. The van der Waals surface area contributed by atoms with Crippen LogP contribution in [0.4, 0.5) is 5.13 Å². The molecule has 1 amide bonds. The molecule has 1 fully saturated rings. The first-order valence-electron chi connectivity index (χ1n) is 8.94. The highest BCUT2D eigenvalue weighted by atomic mass is 32.1. The van der Waals surface area contributed by atoms with Crippen LogP contribution in [0.5, 0.6) is 11.5 Å². The number of benzene rings is 1. The van der Waals surface area contributed by atoms with Crippen molar-refractivity contribution >= 4 is 22.4 Å². The van der Waals surface area contributed by atoms with Gasteiger partial charge < -0.3 is 19.5 Å². The molecule has 2 heterocycles. The summed E-state index contributed by atoms with van der Waals surface area (Å²) in [5.41, 5.74) is 1.92. The van der Waals surface area contributed by atoms with E-state index in [2.05, 4.69) is 15.2 Å². The van der Waals surface area contributed by atoms with Crippen molar-refractivity contribution in [2.75, 3.05) is 45.8 Å². The molecule has 1 aliphatic heterocycles. The predicted molar refractivity (Wildman–Crippen MR) is 105 cm³/mol. The number of rotatable bonds is 8. The number of hydrogen-bond donors (Lipinski definition) is 1. The Balaban J connectivity index is 1.51. The van der Waals surface area contributed by atoms with Crippen LogP contribution in [0.1, 0.15) is 17.7 Å². The highest BCUT2D eigenvalue weighted by molar-refractivity contribution is 7.13. The Hall–Kier alpha value is -2.16. The molecular weight excluding hydrogens is 366 g/mol. The lowest BCUT2D eigenvalue weighted by atomic mass is 10.1. The molecule has 0 radical (unpaired) electrons. The fourth-order valence-corrected chi connectivity index (χ4v) is 3.72. The SMILES string of the molecule is COc1cccc(CCC(=O)Nc2nc(CN3CCOCC3)cs2)c1OC. The van der Waals surface area contributed by atoms with Gasteiger partial charge in [-0.2, -0.15) is 0 Å². The van der Waals surface area contributed by atoms with Crippen molar-refractivity contribution in [2.45, 2.75) is 19.4 Å². The van der Waals surface area contributed by atoms with Gasteiger partial charge in [0.15, 0.2) is 16.6 Å². The van der Waals surface area contributed by atoms with Crippen LogP contribution in [0.3, 0.4) is 0 Å². The Kier molecular flexibility index (Phi) is 7.03. The van der Waals surface area contributed by atoms with Gasteiger partial charge in [-0.05, 0) is 18.1 Å². The van der Waals surface area contributed by atoms with Gasteiger partial charge in [0.25, 0.3) is 0 Å². The van der Waals surface area contributed by atoms with Gasteiger partial charge in [0.05, 0.1) is 33.1 Å². The maximum atomic E-state index is 12.3. The normalized spacial score (nSPS) is 14.7. The zero-order valence-corrected chi connectivity index (χ0v) is 16.5. The summed E-state index contributed by atoms with van der Waals surface area (Å²) in [7, 11) is 3.21. The Morgan fingerprint density at radius 3 is 2.85 bits per heavy atom. The molecule has 8 heteroatoms. The van der Waals surface area contributed by atoms with E-state index in [9.17, 15) is 4.79 Å². The number of carbonyl (C=O) groups is 1. The molecule has 7 nitrogen and oxygen atoms in total. The van der Waals surface area contributed by atoms with Crippen LogP contribution in [0.15, 0.2) is 23.6 Å². The van der Waals surface area contributed by atoms with Gasteiger partial charge in [-0.3, -0.25) is 9.69 Å². The molecule has 1 aromatic carbocycles. The van der Waals surface area contributed by atoms with Gasteiger partial charge in [0.1, 0.15) is 0 Å². The van der Waals surface area contributed by atoms with Crippen LogP contribution >= 0.6 is 11.3 Å². The number of anilines is 1. The Morgan fingerprint density at radius 1 is 1.30 bits per heavy atom. The van der Waals surface area contributed by atoms with Gasteiger partial charge >= 0.3 is 0 Å². The maximum Gasteiger partial charge on any atom is 0.226 e. The zero-order valence-electron chi connectivity index (χ0n) is 15.7. The number of ether oxygens (including phenoxy) is 3. The molecule has 27 heavy (non-hydrogen) atoms. The number of nitrogens with zero attached hydrogens (tertiary/aromatic N) is 2. The second-order valence-electron chi connectivity index (χ2n) is 6.23. The molecule has 0 unspecified atom stereocenters. The number of hydrogen-bond acceptors (Lipinski definition) is 7. The first-order chi connectivity index (χ1) is 13.2. The molecule has 0 atom stereocenters. The van der Waals surface area contributed by atoms with E-state index in [1.54, 1.807) is 14.2 Å². The summed E-state index contributed by atoms with van der Waals surface area (Å²) in [4.78, 5) is 19.1. The number of para-hydroxylation sites is 1. The number of nitrogens with one attached hydrogen (secondary N) is 1. The van der Waals surface area contributed by atoms with Crippen molar-refractivity contribution in [3.8, 4) is 11.5 Å². The third-order valence-corrected chi connectivity index (χ3v) is 5.20. The van der Waals surface area contributed by atoms with Crippen LogP contribution in [0.25, 0.3) is 0 Å². The summed E-state index contributed by atoms with van der Waals surface area (Å²) < 4.78 is 16.1. The van der Waals surface area contributed by atoms with E-state index in [0.29, 0.717) is 29.5 Å². The minimum atomic E-state index is -0.0628. The van der Waals surface area contributed by atoms with E-state index in [1.165, 1.54) is 11.3 Å². The minimum Gasteiger partial charge on any atom is -0.493 e. The lowest BCUT2D eigenvalue weighted by molar-refractivity contribution is -0.116. The molecule has 1 saturated heterocycles. The van der Waals surface area contributed by atoms with Crippen LogP contribution in [0.2, 0.25) is 0 Å². The van der Waals surface area contributed by atoms with E-state index in [4.69, 9.17) is 14.2 Å². The molecule has 3 rings (SSSR count). The second kappa shape index (κ2) is 9.68. The number of morpholine rings is 1. The summed E-state index contributed by atoms with van der Waals surface area (Å²) in [6.07, 6.45) is 0.917. The number of thiazole rings is 1. The van der Waals surface area contributed by atoms with Crippen LogP contribution < -0.4 is 14.8 Å². The van der Waals surface area contributed by atoms with Gasteiger partial charge in [0, 0.05) is 31.4 Å². The van der Waals surface area contributed by atoms with Crippen LogP contribution in [0, 0.1) is 0 Å². The molecule has 1 aliphatic rings. The molecule has 0 saturated carbocycles. The average Bonchev–Trinajstić information content (AvgIpc) is 3.13. The Bertz CT molecular complexity index is 759. The van der Waals surface area contributed by atoms with Gasteiger partial charge in [-0.1, -0.05) is 12.1 Å². The lowest BCUT2D eigenvalue weighted by Crippen LogP contribution is -2.35.